The molecule has 2 amide bonds. The van der Waals surface area contributed by atoms with Crippen LogP contribution >= 0.6 is 0 Å². The lowest BCUT2D eigenvalue weighted by Crippen LogP contribution is -2.41. The molecule has 0 aromatic heterocycles. The summed E-state index contributed by atoms with van der Waals surface area (Å²) < 4.78 is 13.0. The van der Waals surface area contributed by atoms with E-state index in [2.05, 4.69) is 15.5 Å². The van der Waals surface area contributed by atoms with E-state index in [1.165, 1.54) is 19.3 Å². The molecule has 2 fully saturated rings. The number of aliphatic hydroxyl groups is 1. The number of carbonyl (C=O) groups is 1. The second kappa shape index (κ2) is 13.0. The van der Waals surface area contributed by atoms with Crippen LogP contribution in [0.15, 0.2) is 78.9 Å². The molecule has 0 bridgehead atoms. The third kappa shape index (κ3) is 7.20. The van der Waals surface area contributed by atoms with E-state index >= 15 is 0 Å². The summed E-state index contributed by atoms with van der Waals surface area (Å²) in [5.74, 6) is 0. The van der Waals surface area contributed by atoms with Gasteiger partial charge in [-0.2, -0.15) is 0 Å². The van der Waals surface area contributed by atoms with Crippen molar-refractivity contribution in [3.63, 3.8) is 0 Å². The molecule has 38 heavy (non-hydrogen) atoms. The summed E-state index contributed by atoms with van der Waals surface area (Å²) in [6, 6.07) is 25.2. The number of aliphatic hydroxyl groups excluding tert-OH is 1. The third-order valence-corrected chi connectivity index (χ3v) is 7.24. The van der Waals surface area contributed by atoms with Crippen LogP contribution in [0, 0.1) is 0 Å². The molecule has 7 heteroatoms. The molecule has 2 heterocycles. The summed E-state index contributed by atoms with van der Waals surface area (Å²) in [7, 11) is 0. The molecular weight excluding hydrogens is 478 g/mol. The number of anilines is 1. The number of urea groups is 1. The number of ether oxygens (including phenoxy) is 2. The van der Waals surface area contributed by atoms with Gasteiger partial charge in [0.2, 0.25) is 0 Å². The summed E-state index contributed by atoms with van der Waals surface area (Å²) in [6.07, 6.45) is 3.90. The molecule has 0 radical (unpaired) electrons. The van der Waals surface area contributed by atoms with Crippen LogP contribution in [0.25, 0.3) is 0 Å². The van der Waals surface area contributed by atoms with Gasteiger partial charge in [-0.05, 0) is 54.8 Å². The Balaban J connectivity index is 1.28. The molecule has 3 atom stereocenters. The van der Waals surface area contributed by atoms with Crippen molar-refractivity contribution >= 4 is 11.7 Å². The van der Waals surface area contributed by atoms with E-state index in [1.54, 1.807) is 0 Å². The minimum atomic E-state index is -0.546. The first-order valence-electron chi connectivity index (χ1n) is 13.6. The van der Waals surface area contributed by atoms with Crippen LogP contribution < -0.4 is 10.6 Å². The maximum absolute atomic E-state index is 12.5. The molecule has 0 aliphatic carbocycles. The molecule has 3 aromatic rings. The maximum Gasteiger partial charge on any atom is 0.319 e. The summed E-state index contributed by atoms with van der Waals surface area (Å²) in [5.41, 5.74) is 4.55. The lowest BCUT2D eigenvalue weighted by atomic mass is 9.99. The predicted molar refractivity (Wildman–Crippen MR) is 147 cm³/mol. The first-order valence-corrected chi connectivity index (χ1v) is 13.6. The van der Waals surface area contributed by atoms with Gasteiger partial charge in [0, 0.05) is 30.8 Å². The number of benzene rings is 3. The normalized spacial score (nSPS) is 22.1. The number of nitrogens with one attached hydrogen (secondary N) is 2. The Morgan fingerprint density at radius 3 is 2.42 bits per heavy atom. The van der Waals surface area contributed by atoms with Crippen LogP contribution in [0.5, 0.6) is 0 Å². The van der Waals surface area contributed by atoms with Gasteiger partial charge in [0.15, 0.2) is 6.29 Å². The smallest absolute Gasteiger partial charge is 0.319 e. The molecule has 7 nitrogen and oxygen atoms in total. The Hall–Kier alpha value is -3.23. The number of nitrogens with zero attached hydrogens (tertiary/aromatic N) is 1. The van der Waals surface area contributed by atoms with Crippen LogP contribution in [0.3, 0.4) is 0 Å². The number of hydrogen-bond acceptors (Lipinski definition) is 5. The van der Waals surface area contributed by atoms with Gasteiger partial charge < -0.3 is 30.1 Å². The number of piperidine rings is 1. The fourth-order valence-electron chi connectivity index (χ4n) is 5.18. The lowest BCUT2D eigenvalue weighted by molar-refractivity contribution is -0.253. The standard InChI is InChI=1S/C31H37N3O4/c35-22-24-12-14-25(15-13-24)29-19-28(21-34-16-5-2-6-17-34)37-30(38-29)26-10-7-11-27(18-26)33-31(36)32-20-23-8-3-1-4-9-23/h1,3-4,7-15,18,28-30,35H,2,5-6,16-17,19-22H2,(H2,32,33,36)/t28-,29+,30+/m1/s1. The quantitative estimate of drug-likeness (QED) is 0.367. The number of hydrogen-bond donors (Lipinski definition) is 3. The second-order valence-corrected chi connectivity index (χ2v) is 10.1. The van der Waals surface area contributed by atoms with Crippen molar-refractivity contribution in [1.29, 1.82) is 0 Å². The predicted octanol–water partition coefficient (Wildman–Crippen LogP) is 5.53. The van der Waals surface area contributed by atoms with Crippen LogP contribution in [-0.2, 0) is 22.6 Å². The summed E-state index contributed by atoms with van der Waals surface area (Å²) in [5, 5.41) is 15.3. The van der Waals surface area contributed by atoms with E-state index in [-0.39, 0.29) is 24.8 Å². The molecule has 2 saturated heterocycles. The summed E-state index contributed by atoms with van der Waals surface area (Å²) >= 11 is 0. The Morgan fingerprint density at radius 2 is 1.66 bits per heavy atom. The molecule has 0 saturated carbocycles. The summed E-state index contributed by atoms with van der Waals surface area (Å²) in [6.45, 7) is 3.58. The lowest BCUT2D eigenvalue weighted by Gasteiger charge is -2.39. The van der Waals surface area contributed by atoms with Gasteiger partial charge in [0.1, 0.15) is 0 Å². The number of amides is 2. The van der Waals surface area contributed by atoms with Gasteiger partial charge in [0.25, 0.3) is 0 Å². The fraction of sp³-hybridized carbons (Fsp3) is 0.387. The number of carbonyl (C=O) groups excluding carboxylic acids is 1. The monoisotopic (exact) mass is 515 g/mol. The largest absolute Gasteiger partial charge is 0.392 e. The molecular formula is C31H37N3O4. The van der Waals surface area contributed by atoms with E-state index < -0.39 is 6.29 Å². The van der Waals surface area contributed by atoms with Gasteiger partial charge in [0.05, 0.1) is 18.8 Å². The zero-order valence-corrected chi connectivity index (χ0v) is 21.7. The van der Waals surface area contributed by atoms with Crippen molar-refractivity contribution in [2.45, 2.75) is 57.3 Å². The first-order chi connectivity index (χ1) is 18.7. The molecule has 200 valence electrons. The van der Waals surface area contributed by atoms with Gasteiger partial charge in [-0.1, -0.05) is 73.2 Å². The Labute approximate surface area is 224 Å². The van der Waals surface area contributed by atoms with Crippen molar-refractivity contribution in [2.24, 2.45) is 0 Å². The van der Waals surface area contributed by atoms with E-state index in [1.807, 2.05) is 78.9 Å². The van der Waals surface area contributed by atoms with Crippen molar-refractivity contribution in [3.05, 3.63) is 101 Å². The first kappa shape index (κ1) is 26.4. The maximum atomic E-state index is 12.5. The highest BCUT2D eigenvalue weighted by Crippen LogP contribution is 2.38. The van der Waals surface area contributed by atoms with Gasteiger partial charge in [-0.15, -0.1) is 0 Å². The van der Waals surface area contributed by atoms with E-state index in [0.29, 0.717) is 12.2 Å². The van der Waals surface area contributed by atoms with Gasteiger partial charge in [-0.25, -0.2) is 4.79 Å². The van der Waals surface area contributed by atoms with E-state index in [9.17, 15) is 9.90 Å². The topological polar surface area (TPSA) is 83.1 Å². The average molecular weight is 516 g/mol. The molecule has 5 rings (SSSR count). The SMILES string of the molecule is O=C(NCc1ccccc1)Nc1cccc([C@H]2O[C@@H](CN3CCCCC3)C[C@@H](c3ccc(CO)cc3)O2)c1. The molecule has 2 aliphatic heterocycles. The van der Waals surface area contributed by atoms with Crippen molar-refractivity contribution < 1.29 is 19.4 Å². The molecule has 3 N–H and O–H groups in total. The highest BCUT2D eigenvalue weighted by molar-refractivity contribution is 5.89. The zero-order valence-electron chi connectivity index (χ0n) is 21.7. The molecule has 0 unspecified atom stereocenters. The van der Waals surface area contributed by atoms with Crippen molar-refractivity contribution in [1.82, 2.24) is 10.2 Å². The third-order valence-electron chi connectivity index (χ3n) is 7.24. The summed E-state index contributed by atoms with van der Waals surface area (Å²) in [4.78, 5) is 15.0. The number of likely N-dealkylation sites (tertiary alicyclic amines) is 1. The average Bonchev–Trinajstić information content (AvgIpc) is 2.97. The minimum absolute atomic E-state index is 0.0217. The molecule has 0 spiro atoms. The van der Waals surface area contributed by atoms with Gasteiger partial charge >= 0.3 is 6.03 Å². The Morgan fingerprint density at radius 1 is 0.868 bits per heavy atom. The van der Waals surface area contributed by atoms with Crippen LogP contribution in [-0.4, -0.2) is 41.8 Å². The highest BCUT2D eigenvalue weighted by atomic mass is 16.7. The second-order valence-electron chi connectivity index (χ2n) is 10.1. The van der Waals surface area contributed by atoms with E-state index in [4.69, 9.17) is 9.47 Å². The molecule has 2 aliphatic rings. The van der Waals surface area contributed by atoms with E-state index in [0.717, 1.165) is 48.3 Å². The van der Waals surface area contributed by atoms with Crippen LogP contribution in [0.2, 0.25) is 0 Å². The Bertz CT molecular complexity index is 1170. The highest BCUT2D eigenvalue weighted by Gasteiger charge is 2.33. The van der Waals surface area contributed by atoms with Gasteiger partial charge in [-0.3, -0.25) is 0 Å². The van der Waals surface area contributed by atoms with Crippen LogP contribution in [0.4, 0.5) is 10.5 Å². The molecule has 3 aromatic carbocycles. The Kier molecular flexibility index (Phi) is 9.04. The minimum Gasteiger partial charge on any atom is -0.392 e. The fourth-order valence-corrected chi connectivity index (χ4v) is 5.18. The van der Waals surface area contributed by atoms with Crippen molar-refractivity contribution in [3.8, 4) is 0 Å². The number of rotatable bonds is 8. The zero-order chi connectivity index (χ0) is 26.2. The van der Waals surface area contributed by atoms with Crippen molar-refractivity contribution in [2.75, 3.05) is 25.0 Å². The van der Waals surface area contributed by atoms with Crippen LogP contribution in [0.1, 0.15) is 60.3 Å².